The zero-order chi connectivity index (χ0) is 26.9. The molecule has 2 heterocycles. The Bertz CT molecular complexity index is 1800. The van der Waals surface area contributed by atoms with Crippen molar-refractivity contribution < 1.29 is 0 Å². The van der Waals surface area contributed by atoms with E-state index >= 15 is 0 Å². The van der Waals surface area contributed by atoms with Crippen molar-refractivity contribution in [2.24, 2.45) is 0 Å². The molecule has 190 valence electrons. The molecular weight excluding hydrogens is 486 g/mol. The first-order chi connectivity index (χ1) is 19.8. The van der Waals surface area contributed by atoms with Crippen molar-refractivity contribution >= 4 is 11.4 Å². The predicted molar refractivity (Wildman–Crippen MR) is 162 cm³/mol. The number of nitrogens with one attached hydrogen (secondary N) is 1. The summed E-state index contributed by atoms with van der Waals surface area (Å²) in [6.07, 6.45) is 1.72. The van der Waals surface area contributed by atoms with Gasteiger partial charge in [0.15, 0.2) is 0 Å². The molecule has 0 fully saturated rings. The molecule has 4 aromatic carbocycles. The van der Waals surface area contributed by atoms with Gasteiger partial charge < -0.3 is 5.32 Å². The summed E-state index contributed by atoms with van der Waals surface area (Å²) in [7, 11) is 0. The molecule has 3 nitrogen and oxygen atoms in total. The van der Waals surface area contributed by atoms with Gasteiger partial charge in [0.05, 0.1) is 34.4 Å². The Labute approximate surface area is 234 Å². The number of benzene rings is 4. The van der Waals surface area contributed by atoms with Crippen LogP contribution in [0.3, 0.4) is 0 Å². The van der Waals surface area contributed by atoms with Crippen LogP contribution in [0.2, 0.25) is 0 Å². The fraction of sp³-hybridized carbons (Fsp3) is 0.0811. The van der Waals surface area contributed by atoms with Gasteiger partial charge in [-0.15, -0.1) is 0 Å². The number of allylic oxidation sites excluding steroid dienone is 2. The monoisotopic (exact) mass is 513 g/mol. The Morgan fingerprint density at radius 3 is 1.85 bits per heavy atom. The van der Waals surface area contributed by atoms with Crippen LogP contribution < -0.4 is 5.32 Å². The molecule has 1 aromatic heterocycles. The molecule has 1 unspecified atom stereocenters. The quantitative estimate of drug-likeness (QED) is 0.262. The van der Waals surface area contributed by atoms with Gasteiger partial charge in [0.2, 0.25) is 0 Å². The lowest BCUT2D eigenvalue weighted by Gasteiger charge is -2.36. The van der Waals surface area contributed by atoms with Crippen LogP contribution in [0.25, 0.3) is 33.8 Å². The third-order valence-electron chi connectivity index (χ3n) is 7.95. The molecule has 0 saturated carbocycles. The maximum atomic E-state index is 10.5. The summed E-state index contributed by atoms with van der Waals surface area (Å²) < 4.78 is 0. The molecule has 0 spiro atoms. The standard InChI is InChI=1S/C37H27N3/c38-24-32-34(27-17-9-3-10-18-27)30-22-21-29-31(25-13-5-1-6-14-25)23-33(26-15-7-2-8-16-26)39-36(29)37(30)40-35(32)28-19-11-4-12-20-28/h1-20,23,34,40H,21-22H2. The minimum Gasteiger partial charge on any atom is -0.352 e. The second-order valence-electron chi connectivity index (χ2n) is 10.2. The molecule has 0 radical (unpaired) electrons. The smallest absolute Gasteiger partial charge is 0.0979 e. The molecule has 0 saturated heterocycles. The van der Waals surface area contributed by atoms with Gasteiger partial charge in [0.25, 0.3) is 0 Å². The summed E-state index contributed by atoms with van der Waals surface area (Å²) in [4.78, 5) is 5.34. The summed E-state index contributed by atoms with van der Waals surface area (Å²) >= 11 is 0. The van der Waals surface area contributed by atoms with Crippen molar-refractivity contribution in [3.63, 3.8) is 0 Å². The van der Waals surface area contributed by atoms with Crippen LogP contribution in [-0.2, 0) is 6.42 Å². The number of nitrogens with zero attached hydrogens (tertiary/aromatic N) is 2. The molecule has 1 N–H and O–H groups in total. The van der Waals surface area contributed by atoms with Crippen molar-refractivity contribution in [1.82, 2.24) is 10.3 Å². The first-order valence-electron chi connectivity index (χ1n) is 13.7. The second kappa shape index (κ2) is 10.2. The van der Waals surface area contributed by atoms with Crippen molar-refractivity contribution in [3.05, 3.63) is 161 Å². The zero-order valence-electron chi connectivity index (χ0n) is 22.0. The summed E-state index contributed by atoms with van der Waals surface area (Å²) in [6, 6.07) is 46.4. The maximum absolute atomic E-state index is 10.5. The average molecular weight is 514 g/mol. The Hall–Kier alpha value is -5.20. The Balaban J connectivity index is 1.50. The van der Waals surface area contributed by atoms with E-state index in [0.29, 0.717) is 0 Å². The van der Waals surface area contributed by atoms with Gasteiger partial charge in [0.1, 0.15) is 0 Å². The number of rotatable bonds is 4. The Morgan fingerprint density at radius 1 is 0.650 bits per heavy atom. The van der Waals surface area contributed by atoms with Crippen molar-refractivity contribution in [1.29, 1.82) is 5.26 Å². The van der Waals surface area contributed by atoms with Crippen molar-refractivity contribution in [2.75, 3.05) is 0 Å². The van der Waals surface area contributed by atoms with E-state index in [2.05, 4.69) is 108 Å². The lowest BCUT2D eigenvalue weighted by molar-refractivity contribution is 0.781. The molecule has 0 bridgehead atoms. The summed E-state index contributed by atoms with van der Waals surface area (Å²) in [5.74, 6) is -0.131. The number of pyridine rings is 1. The predicted octanol–water partition coefficient (Wildman–Crippen LogP) is 8.39. The number of nitriles is 1. The number of hydrogen-bond donors (Lipinski definition) is 1. The number of aromatic nitrogens is 1. The molecule has 1 aliphatic carbocycles. The SMILES string of the molecule is N#CC1=C(c2ccccc2)NC2=C(CCc3c(-c4ccccc4)cc(-c4ccccc4)nc32)C1c1ccccc1. The van der Waals surface area contributed by atoms with Gasteiger partial charge in [-0.3, -0.25) is 0 Å². The fourth-order valence-corrected chi connectivity index (χ4v) is 6.11. The van der Waals surface area contributed by atoms with E-state index in [1.165, 1.54) is 22.3 Å². The van der Waals surface area contributed by atoms with Crippen molar-refractivity contribution in [3.8, 4) is 28.5 Å². The minimum atomic E-state index is -0.131. The van der Waals surface area contributed by atoms with Gasteiger partial charge >= 0.3 is 0 Å². The summed E-state index contributed by atoms with van der Waals surface area (Å²) in [6.45, 7) is 0. The molecule has 5 aromatic rings. The van der Waals surface area contributed by atoms with E-state index in [-0.39, 0.29) is 5.92 Å². The normalized spacial score (nSPS) is 16.0. The lowest BCUT2D eigenvalue weighted by Crippen LogP contribution is -2.29. The summed E-state index contributed by atoms with van der Waals surface area (Å²) in [5.41, 5.74) is 12.7. The summed E-state index contributed by atoms with van der Waals surface area (Å²) in [5, 5.41) is 14.3. The molecule has 1 aliphatic heterocycles. The van der Waals surface area contributed by atoms with Gasteiger partial charge in [-0.2, -0.15) is 5.26 Å². The Kier molecular flexibility index (Phi) is 6.07. The minimum absolute atomic E-state index is 0.131. The van der Waals surface area contributed by atoms with E-state index in [4.69, 9.17) is 4.98 Å². The Morgan fingerprint density at radius 2 is 1.23 bits per heavy atom. The number of hydrogen-bond acceptors (Lipinski definition) is 3. The zero-order valence-corrected chi connectivity index (χ0v) is 22.0. The molecular formula is C37H27N3. The fourth-order valence-electron chi connectivity index (χ4n) is 6.11. The largest absolute Gasteiger partial charge is 0.352 e. The molecule has 2 aliphatic rings. The third-order valence-corrected chi connectivity index (χ3v) is 7.95. The number of dihydropyridines is 1. The van der Waals surface area contributed by atoms with Crippen LogP contribution in [0.1, 0.15) is 34.7 Å². The topological polar surface area (TPSA) is 48.7 Å². The first kappa shape index (κ1) is 23.9. The van der Waals surface area contributed by atoms with Crippen LogP contribution in [0.15, 0.2) is 139 Å². The molecule has 3 heteroatoms. The van der Waals surface area contributed by atoms with Gasteiger partial charge in [-0.25, -0.2) is 4.98 Å². The number of fused-ring (bicyclic) bond motifs is 2. The first-order valence-corrected chi connectivity index (χ1v) is 13.7. The lowest BCUT2D eigenvalue weighted by atomic mass is 9.74. The van der Waals surface area contributed by atoms with Crippen LogP contribution in [-0.4, -0.2) is 4.98 Å². The highest BCUT2D eigenvalue weighted by Crippen LogP contribution is 2.48. The van der Waals surface area contributed by atoms with Crippen LogP contribution in [0.5, 0.6) is 0 Å². The highest BCUT2D eigenvalue weighted by atomic mass is 15.0. The van der Waals surface area contributed by atoms with Crippen LogP contribution in [0, 0.1) is 11.3 Å². The molecule has 7 rings (SSSR count). The molecule has 0 amide bonds. The average Bonchev–Trinajstić information content (AvgIpc) is 3.04. The third kappa shape index (κ3) is 4.11. The van der Waals surface area contributed by atoms with E-state index in [9.17, 15) is 5.26 Å². The van der Waals surface area contributed by atoms with E-state index in [1.807, 2.05) is 30.3 Å². The maximum Gasteiger partial charge on any atom is 0.0979 e. The van der Waals surface area contributed by atoms with Crippen LogP contribution >= 0.6 is 0 Å². The van der Waals surface area contributed by atoms with Gasteiger partial charge in [-0.1, -0.05) is 121 Å². The van der Waals surface area contributed by atoms with Crippen molar-refractivity contribution in [2.45, 2.75) is 18.8 Å². The second-order valence-corrected chi connectivity index (χ2v) is 10.2. The molecule has 40 heavy (non-hydrogen) atoms. The van der Waals surface area contributed by atoms with Crippen LogP contribution in [0.4, 0.5) is 0 Å². The van der Waals surface area contributed by atoms with E-state index in [0.717, 1.165) is 57.9 Å². The van der Waals surface area contributed by atoms with Gasteiger partial charge in [-0.05, 0) is 52.3 Å². The van der Waals surface area contributed by atoms with E-state index in [1.54, 1.807) is 0 Å². The molecule has 1 atom stereocenters. The highest BCUT2D eigenvalue weighted by Gasteiger charge is 2.36. The highest BCUT2D eigenvalue weighted by molar-refractivity contribution is 5.90. The van der Waals surface area contributed by atoms with Gasteiger partial charge in [0, 0.05) is 11.5 Å². The van der Waals surface area contributed by atoms with E-state index < -0.39 is 0 Å².